The molecule has 0 bridgehead atoms. The van der Waals surface area contributed by atoms with Crippen LogP contribution in [-0.4, -0.2) is 30.4 Å². The van der Waals surface area contributed by atoms with Gasteiger partial charge in [0.25, 0.3) is 0 Å². The van der Waals surface area contributed by atoms with Gasteiger partial charge in [-0.2, -0.15) is 0 Å². The van der Waals surface area contributed by atoms with Crippen molar-refractivity contribution in [2.45, 2.75) is 65.7 Å². The van der Waals surface area contributed by atoms with Gasteiger partial charge in [0.2, 0.25) is 0 Å². The van der Waals surface area contributed by atoms with E-state index in [1.807, 2.05) is 32.9 Å². The standard InChI is InChI=1S/C19H30N2O3/c1-12(2)13(3)21-15-7-8-17-14(9-15)10-16(23-17)11-20-18(22)24-19(4,5)6/h7-9,12-13,16,21H,10-11H2,1-6H3,(H,20,22). The van der Waals surface area contributed by atoms with E-state index in [-0.39, 0.29) is 6.10 Å². The molecular weight excluding hydrogens is 304 g/mol. The molecule has 0 aliphatic carbocycles. The molecule has 0 saturated heterocycles. The van der Waals surface area contributed by atoms with Crippen molar-refractivity contribution in [1.29, 1.82) is 0 Å². The molecule has 1 amide bonds. The smallest absolute Gasteiger partial charge is 0.407 e. The minimum Gasteiger partial charge on any atom is -0.488 e. The quantitative estimate of drug-likeness (QED) is 0.855. The zero-order valence-corrected chi connectivity index (χ0v) is 15.6. The van der Waals surface area contributed by atoms with Crippen molar-refractivity contribution in [1.82, 2.24) is 5.32 Å². The first-order valence-corrected chi connectivity index (χ1v) is 8.67. The lowest BCUT2D eigenvalue weighted by molar-refractivity contribution is 0.0506. The van der Waals surface area contributed by atoms with Crippen LogP contribution in [0.4, 0.5) is 10.5 Å². The number of carbonyl (C=O) groups is 1. The third-order valence-electron chi connectivity index (χ3n) is 4.07. The van der Waals surface area contributed by atoms with Crippen LogP contribution >= 0.6 is 0 Å². The molecule has 1 aliphatic rings. The van der Waals surface area contributed by atoms with E-state index in [1.165, 1.54) is 5.56 Å². The van der Waals surface area contributed by atoms with Gasteiger partial charge in [-0.05, 0) is 57.4 Å². The van der Waals surface area contributed by atoms with Crippen molar-refractivity contribution in [3.8, 4) is 5.75 Å². The van der Waals surface area contributed by atoms with Gasteiger partial charge in [-0.1, -0.05) is 13.8 Å². The van der Waals surface area contributed by atoms with Gasteiger partial charge < -0.3 is 20.1 Å². The average Bonchev–Trinajstić information content (AvgIpc) is 2.85. The van der Waals surface area contributed by atoms with E-state index in [2.05, 4.69) is 37.5 Å². The molecular formula is C19H30N2O3. The van der Waals surface area contributed by atoms with Crippen molar-refractivity contribution in [3.63, 3.8) is 0 Å². The van der Waals surface area contributed by atoms with Crippen LogP contribution < -0.4 is 15.4 Å². The number of ether oxygens (including phenoxy) is 2. The van der Waals surface area contributed by atoms with Gasteiger partial charge in [0, 0.05) is 18.2 Å². The Morgan fingerprint density at radius 1 is 1.33 bits per heavy atom. The SMILES string of the molecule is CC(C)C(C)Nc1ccc2c(c1)CC(CNC(=O)OC(C)(C)C)O2. The maximum absolute atomic E-state index is 11.7. The lowest BCUT2D eigenvalue weighted by Gasteiger charge is -2.20. The molecule has 24 heavy (non-hydrogen) atoms. The van der Waals surface area contributed by atoms with Crippen molar-refractivity contribution < 1.29 is 14.3 Å². The second-order valence-electron chi connectivity index (χ2n) is 7.83. The summed E-state index contributed by atoms with van der Waals surface area (Å²) in [6.07, 6.45) is 0.330. The fraction of sp³-hybridized carbons (Fsp3) is 0.632. The van der Waals surface area contributed by atoms with Crippen LogP contribution in [0.15, 0.2) is 18.2 Å². The van der Waals surface area contributed by atoms with Crippen LogP contribution in [0.2, 0.25) is 0 Å². The summed E-state index contributed by atoms with van der Waals surface area (Å²) in [5, 5.41) is 6.29. The lowest BCUT2D eigenvalue weighted by atomic mass is 10.0. The van der Waals surface area contributed by atoms with Crippen molar-refractivity contribution in [2.75, 3.05) is 11.9 Å². The van der Waals surface area contributed by atoms with Crippen LogP contribution in [-0.2, 0) is 11.2 Å². The molecule has 5 nitrogen and oxygen atoms in total. The predicted molar refractivity (Wildman–Crippen MR) is 96.7 cm³/mol. The average molecular weight is 334 g/mol. The van der Waals surface area contributed by atoms with Crippen molar-refractivity contribution >= 4 is 11.8 Å². The van der Waals surface area contributed by atoms with Crippen LogP contribution in [0, 0.1) is 5.92 Å². The fourth-order valence-corrected chi connectivity index (χ4v) is 2.46. The number of alkyl carbamates (subject to hydrolysis) is 1. The molecule has 0 radical (unpaired) electrons. The monoisotopic (exact) mass is 334 g/mol. The summed E-state index contributed by atoms with van der Waals surface area (Å²) < 4.78 is 11.1. The zero-order chi connectivity index (χ0) is 17.9. The summed E-state index contributed by atoms with van der Waals surface area (Å²) in [4.78, 5) is 11.7. The van der Waals surface area contributed by atoms with Gasteiger partial charge in [0.15, 0.2) is 0 Å². The topological polar surface area (TPSA) is 59.6 Å². The Labute approximate surface area is 145 Å². The molecule has 0 saturated carbocycles. The number of benzene rings is 1. The van der Waals surface area contributed by atoms with Gasteiger partial charge in [-0.25, -0.2) is 4.79 Å². The summed E-state index contributed by atoms with van der Waals surface area (Å²) in [5.41, 5.74) is 1.79. The molecule has 134 valence electrons. The van der Waals surface area contributed by atoms with E-state index in [0.29, 0.717) is 18.5 Å². The van der Waals surface area contributed by atoms with Crippen molar-refractivity contribution in [3.05, 3.63) is 23.8 Å². The summed E-state index contributed by atoms with van der Waals surface area (Å²) >= 11 is 0. The summed E-state index contributed by atoms with van der Waals surface area (Å²) in [7, 11) is 0. The molecule has 0 aromatic heterocycles. The van der Waals surface area contributed by atoms with Crippen LogP contribution in [0.3, 0.4) is 0 Å². The molecule has 1 aliphatic heterocycles. The van der Waals surface area contributed by atoms with Gasteiger partial charge in [0.1, 0.15) is 17.5 Å². The number of amides is 1. The second kappa shape index (κ2) is 7.32. The molecule has 2 unspecified atom stereocenters. The Balaban J connectivity index is 1.87. The van der Waals surface area contributed by atoms with E-state index < -0.39 is 11.7 Å². The predicted octanol–water partition coefficient (Wildman–Crippen LogP) is 3.97. The first-order chi connectivity index (χ1) is 11.1. The zero-order valence-electron chi connectivity index (χ0n) is 15.6. The first kappa shape index (κ1) is 18.4. The van der Waals surface area contributed by atoms with Crippen LogP contribution in [0.5, 0.6) is 5.75 Å². The highest BCUT2D eigenvalue weighted by Crippen LogP contribution is 2.31. The minimum absolute atomic E-state index is 0.0507. The molecule has 0 spiro atoms. The van der Waals surface area contributed by atoms with Crippen LogP contribution in [0.1, 0.15) is 47.1 Å². The molecule has 2 atom stereocenters. The number of fused-ring (bicyclic) bond motifs is 1. The number of carbonyl (C=O) groups excluding carboxylic acids is 1. The van der Waals surface area contributed by atoms with Gasteiger partial charge in [0.05, 0.1) is 6.54 Å². The van der Waals surface area contributed by atoms with E-state index in [1.54, 1.807) is 0 Å². The fourth-order valence-electron chi connectivity index (χ4n) is 2.46. The van der Waals surface area contributed by atoms with E-state index in [9.17, 15) is 4.79 Å². The second-order valence-corrected chi connectivity index (χ2v) is 7.83. The summed E-state index contributed by atoms with van der Waals surface area (Å²) in [5.74, 6) is 1.47. The highest BCUT2D eigenvalue weighted by atomic mass is 16.6. The Hall–Kier alpha value is -1.91. The third kappa shape index (κ3) is 5.32. The summed E-state index contributed by atoms with van der Waals surface area (Å²) in [6, 6.07) is 6.59. The number of anilines is 1. The first-order valence-electron chi connectivity index (χ1n) is 8.67. The minimum atomic E-state index is -0.489. The molecule has 1 aromatic rings. The maximum atomic E-state index is 11.7. The maximum Gasteiger partial charge on any atom is 0.407 e. The third-order valence-corrected chi connectivity index (χ3v) is 4.07. The highest BCUT2D eigenvalue weighted by molar-refractivity contribution is 5.67. The largest absolute Gasteiger partial charge is 0.488 e. The normalized spacial score (nSPS) is 17.9. The van der Waals surface area contributed by atoms with Gasteiger partial charge in [-0.15, -0.1) is 0 Å². The van der Waals surface area contributed by atoms with E-state index in [0.717, 1.165) is 17.9 Å². The Morgan fingerprint density at radius 3 is 2.67 bits per heavy atom. The molecule has 1 aromatic carbocycles. The number of nitrogens with one attached hydrogen (secondary N) is 2. The summed E-state index contributed by atoms with van der Waals surface area (Å²) in [6.45, 7) is 12.6. The molecule has 2 rings (SSSR count). The molecule has 1 heterocycles. The van der Waals surface area contributed by atoms with Gasteiger partial charge in [-0.3, -0.25) is 0 Å². The lowest BCUT2D eigenvalue weighted by Crippen LogP contribution is -2.38. The molecule has 0 fully saturated rings. The number of hydrogen-bond acceptors (Lipinski definition) is 4. The van der Waals surface area contributed by atoms with Crippen LogP contribution in [0.25, 0.3) is 0 Å². The molecule has 5 heteroatoms. The number of rotatable bonds is 5. The van der Waals surface area contributed by atoms with Gasteiger partial charge >= 0.3 is 6.09 Å². The highest BCUT2D eigenvalue weighted by Gasteiger charge is 2.25. The van der Waals surface area contributed by atoms with Crippen molar-refractivity contribution in [2.24, 2.45) is 5.92 Å². The Kier molecular flexibility index (Phi) is 5.62. The van der Waals surface area contributed by atoms with E-state index >= 15 is 0 Å². The molecule has 2 N–H and O–H groups in total. The van der Waals surface area contributed by atoms with E-state index in [4.69, 9.17) is 9.47 Å². The Morgan fingerprint density at radius 2 is 2.04 bits per heavy atom. The Bertz CT molecular complexity index is 578. The number of hydrogen-bond donors (Lipinski definition) is 2.